The van der Waals surface area contributed by atoms with Crippen LogP contribution in [0, 0.1) is 18.3 Å². The minimum atomic E-state index is -0.819. The number of hydrogen-bond donors (Lipinski definition) is 1. The number of carbonyl (C=O) groups excluding carboxylic acids is 1. The molecule has 1 heterocycles. The Labute approximate surface area is 111 Å². The van der Waals surface area contributed by atoms with Crippen LogP contribution in [-0.2, 0) is 4.79 Å². The summed E-state index contributed by atoms with van der Waals surface area (Å²) >= 11 is 0. The number of aromatic nitrogens is 1. The van der Waals surface area contributed by atoms with Crippen LogP contribution in [0.4, 0.5) is 5.69 Å². The summed E-state index contributed by atoms with van der Waals surface area (Å²) in [7, 11) is 0. The molecule has 0 saturated heterocycles. The van der Waals surface area contributed by atoms with Gasteiger partial charge in [-0.3, -0.25) is 9.78 Å². The summed E-state index contributed by atoms with van der Waals surface area (Å²) in [5.74, 6) is -1.16. The van der Waals surface area contributed by atoms with Crippen molar-refractivity contribution >= 4 is 11.6 Å². The predicted molar refractivity (Wildman–Crippen MR) is 72.4 cm³/mol. The lowest BCUT2D eigenvalue weighted by atomic mass is 10.00. The maximum absolute atomic E-state index is 12.1. The van der Waals surface area contributed by atoms with Crippen molar-refractivity contribution in [1.29, 1.82) is 5.26 Å². The third-order valence-electron chi connectivity index (χ3n) is 2.82. The normalized spacial score (nSPS) is 11.4. The molecular formula is C15H13N3O. The molecule has 2 rings (SSSR count). The number of aryl methyl sites for hydroxylation is 1. The van der Waals surface area contributed by atoms with Gasteiger partial charge >= 0.3 is 0 Å². The lowest BCUT2D eigenvalue weighted by Crippen LogP contribution is -2.20. The minimum Gasteiger partial charge on any atom is -0.323 e. The molecule has 0 aliphatic heterocycles. The highest BCUT2D eigenvalue weighted by Crippen LogP contribution is 2.18. The summed E-state index contributed by atoms with van der Waals surface area (Å²) in [5.41, 5.74) is 2.22. The molecule has 0 bridgehead atoms. The van der Waals surface area contributed by atoms with E-state index < -0.39 is 5.92 Å². The minimum absolute atomic E-state index is 0.343. The second-order valence-corrected chi connectivity index (χ2v) is 4.15. The van der Waals surface area contributed by atoms with Crippen LogP contribution in [0.25, 0.3) is 0 Å². The van der Waals surface area contributed by atoms with Gasteiger partial charge in [0.1, 0.15) is 0 Å². The topological polar surface area (TPSA) is 65.8 Å². The monoisotopic (exact) mass is 251 g/mol. The Morgan fingerprint density at radius 3 is 2.68 bits per heavy atom. The summed E-state index contributed by atoms with van der Waals surface area (Å²) in [6.07, 6.45) is 3.23. The van der Waals surface area contributed by atoms with Gasteiger partial charge in [0.15, 0.2) is 5.92 Å². The number of anilines is 1. The average molecular weight is 251 g/mol. The molecule has 1 atom stereocenters. The summed E-state index contributed by atoms with van der Waals surface area (Å²) in [6.45, 7) is 1.88. The van der Waals surface area contributed by atoms with E-state index >= 15 is 0 Å². The Bertz CT molecular complexity index is 617. The van der Waals surface area contributed by atoms with Gasteiger partial charge in [0, 0.05) is 6.20 Å². The van der Waals surface area contributed by atoms with Gasteiger partial charge in [-0.1, -0.05) is 30.3 Å². The zero-order valence-corrected chi connectivity index (χ0v) is 10.5. The van der Waals surface area contributed by atoms with Gasteiger partial charge in [-0.05, 0) is 24.1 Å². The number of hydrogen-bond acceptors (Lipinski definition) is 3. The number of benzene rings is 1. The quantitative estimate of drug-likeness (QED) is 0.911. The summed E-state index contributed by atoms with van der Waals surface area (Å²) < 4.78 is 0. The first-order valence-corrected chi connectivity index (χ1v) is 5.88. The van der Waals surface area contributed by atoms with Crippen molar-refractivity contribution in [3.63, 3.8) is 0 Å². The van der Waals surface area contributed by atoms with Crippen LogP contribution in [0.3, 0.4) is 0 Å². The van der Waals surface area contributed by atoms with Crippen molar-refractivity contribution in [2.45, 2.75) is 12.8 Å². The highest BCUT2D eigenvalue weighted by atomic mass is 16.1. The van der Waals surface area contributed by atoms with E-state index in [4.69, 9.17) is 0 Å². The lowest BCUT2D eigenvalue weighted by Gasteiger charge is -2.11. The third kappa shape index (κ3) is 2.96. The molecule has 0 fully saturated rings. The van der Waals surface area contributed by atoms with E-state index in [9.17, 15) is 10.1 Å². The van der Waals surface area contributed by atoms with Crippen molar-refractivity contribution < 1.29 is 4.79 Å². The maximum atomic E-state index is 12.1. The van der Waals surface area contributed by atoms with Gasteiger partial charge in [-0.25, -0.2) is 0 Å². The van der Waals surface area contributed by atoms with Gasteiger partial charge in [0.05, 0.1) is 18.0 Å². The highest BCUT2D eigenvalue weighted by Gasteiger charge is 2.20. The zero-order valence-electron chi connectivity index (χ0n) is 10.5. The Morgan fingerprint density at radius 1 is 1.32 bits per heavy atom. The smallest absolute Gasteiger partial charge is 0.246 e. The maximum Gasteiger partial charge on any atom is 0.246 e. The highest BCUT2D eigenvalue weighted by molar-refractivity contribution is 5.98. The van der Waals surface area contributed by atoms with Crippen LogP contribution in [0.1, 0.15) is 17.0 Å². The van der Waals surface area contributed by atoms with Crippen LogP contribution in [0.2, 0.25) is 0 Å². The molecule has 0 aliphatic carbocycles. The van der Waals surface area contributed by atoms with Crippen LogP contribution in [0.5, 0.6) is 0 Å². The fraction of sp³-hybridized carbons (Fsp3) is 0.133. The molecule has 1 N–H and O–H groups in total. The number of carbonyl (C=O) groups is 1. The first-order chi connectivity index (χ1) is 9.22. The van der Waals surface area contributed by atoms with Crippen LogP contribution in [-0.4, -0.2) is 10.9 Å². The summed E-state index contributed by atoms with van der Waals surface area (Å²) in [5, 5.41) is 11.9. The number of nitrogens with one attached hydrogen (secondary N) is 1. The second kappa shape index (κ2) is 5.78. The third-order valence-corrected chi connectivity index (χ3v) is 2.82. The zero-order chi connectivity index (χ0) is 13.7. The summed E-state index contributed by atoms with van der Waals surface area (Å²) in [4.78, 5) is 16.1. The van der Waals surface area contributed by atoms with E-state index in [0.29, 0.717) is 11.3 Å². The van der Waals surface area contributed by atoms with Crippen molar-refractivity contribution in [2.75, 3.05) is 5.32 Å². The molecule has 1 unspecified atom stereocenters. The molecule has 0 saturated carbocycles. The fourth-order valence-electron chi connectivity index (χ4n) is 1.73. The van der Waals surface area contributed by atoms with Crippen LogP contribution >= 0.6 is 0 Å². The second-order valence-electron chi connectivity index (χ2n) is 4.15. The number of amides is 1. The lowest BCUT2D eigenvalue weighted by molar-refractivity contribution is -0.116. The first kappa shape index (κ1) is 12.8. The van der Waals surface area contributed by atoms with Crippen molar-refractivity contribution in [2.24, 2.45) is 0 Å². The molecule has 0 spiro atoms. The van der Waals surface area contributed by atoms with Gasteiger partial charge in [-0.15, -0.1) is 0 Å². The first-order valence-electron chi connectivity index (χ1n) is 5.88. The molecule has 19 heavy (non-hydrogen) atoms. The molecule has 0 aliphatic rings. The van der Waals surface area contributed by atoms with E-state index in [1.54, 1.807) is 30.6 Å². The number of pyridine rings is 1. The molecule has 1 aromatic carbocycles. The molecule has 2 aromatic rings. The van der Waals surface area contributed by atoms with E-state index in [2.05, 4.69) is 10.3 Å². The molecule has 94 valence electrons. The Balaban J connectivity index is 2.20. The van der Waals surface area contributed by atoms with Gasteiger partial charge in [0.2, 0.25) is 5.91 Å². The number of rotatable bonds is 3. The van der Waals surface area contributed by atoms with E-state index in [0.717, 1.165) is 5.56 Å². The predicted octanol–water partition coefficient (Wildman–Crippen LogP) is 2.64. The molecule has 4 heteroatoms. The van der Waals surface area contributed by atoms with Crippen LogP contribution in [0.15, 0.2) is 48.8 Å². The molecule has 1 amide bonds. The van der Waals surface area contributed by atoms with Gasteiger partial charge in [0.25, 0.3) is 0 Å². The molecular weight excluding hydrogens is 238 g/mol. The largest absolute Gasteiger partial charge is 0.323 e. The number of nitriles is 1. The van der Waals surface area contributed by atoms with Gasteiger partial charge in [-0.2, -0.15) is 5.26 Å². The van der Waals surface area contributed by atoms with Crippen molar-refractivity contribution in [3.05, 3.63) is 59.9 Å². The molecule has 0 radical (unpaired) electrons. The van der Waals surface area contributed by atoms with Crippen molar-refractivity contribution in [3.8, 4) is 6.07 Å². The SMILES string of the molecule is Cc1ccncc1NC(=O)C(C#N)c1ccccc1. The van der Waals surface area contributed by atoms with E-state index in [1.165, 1.54) is 0 Å². The Hall–Kier alpha value is -2.67. The van der Waals surface area contributed by atoms with Crippen LogP contribution < -0.4 is 5.32 Å². The number of nitrogens with zero attached hydrogens (tertiary/aromatic N) is 2. The summed E-state index contributed by atoms with van der Waals surface area (Å²) in [6, 6.07) is 12.8. The average Bonchev–Trinajstić information content (AvgIpc) is 2.43. The Kier molecular flexibility index (Phi) is 3.89. The standard InChI is InChI=1S/C15H13N3O/c1-11-7-8-17-10-14(11)18-15(19)13(9-16)12-5-3-2-4-6-12/h2-8,10,13H,1H3,(H,18,19). The van der Waals surface area contributed by atoms with Crippen molar-refractivity contribution in [1.82, 2.24) is 4.98 Å². The molecule has 1 aromatic heterocycles. The van der Waals surface area contributed by atoms with E-state index in [1.807, 2.05) is 31.2 Å². The fourth-order valence-corrected chi connectivity index (χ4v) is 1.73. The van der Waals surface area contributed by atoms with Gasteiger partial charge < -0.3 is 5.32 Å². The Morgan fingerprint density at radius 2 is 2.05 bits per heavy atom. The van der Waals surface area contributed by atoms with E-state index in [-0.39, 0.29) is 5.91 Å². The molecule has 4 nitrogen and oxygen atoms in total.